The Morgan fingerprint density at radius 2 is 1.88 bits per heavy atom. The number of nitrogens with one attached hydrogen (secondary N) is 1. The SMILES string of the molecule is COc1cc(Cl)ccc1C(=O)NCc1ccc(OCCCC(=O)O)cc1. The van der Waals surface area contributed by atoms with Crippen LogP contribution in [0.5, 0.6) is 11.5 Å². The summed E-state index contributed by atoms with van der Waals surface area (Å²) in [4.78, 5) is 22.7. The quantitative estimate of drug-likeness (QED) is 0.653. The van der Waals surface area contributed by atoms with Gasteiger partial charge in [0.15, 0.2) is 0 Å². The van der Waals surface area contributed by atoms with E-state index < -0.39 is 5.97 Å². The minimum atomic E-state index is -0.836. The van der Waals surface area contributed by atoms with Gasteiger partial charge >= 0.3 is 5.97 Å². The van der Waals surface area contributed by atoms with Crippen molar-refractivity contribution in [1.29, 1.82) is 0 Å². The molecule has 0 unspecified atom stereocenters. The van der Waals surface area contributed by atoms with Crippen molar-refractivity contribution in [1.82, 2.24) is 5.32 Å². The van der Waals surface area contributed by atoms with Crippen molar-refractivity contribution < 1.29 is 24.2 Å². The van der Waals surface area contributed by atoms with Crippen LogP contribution in [-0.4, -0.2) is 30.7 Å². The lowest BCUT2D eigenvalue weighted by molar-refractivity contribution is -0.137. The molecule has 0 radical (unpaired) electrons. The molecular formula is C19H20ClNO5. The molecule has 26 heavy (non-hydrogen) atoms. The monoisotopic (exact) mass is 377 g/mol. The van der Waals surface area contributed by atoms with Crippen molar-refractivity contribution >= 4 is 23.5 Å². The van der Waals surface area contributed by atoms with E-state index in [0.29, 0.717) is 41.7 Å². The van der Waals surface area contributed by atoms with E-state index in [-0.39, 0.29) is 12.3 Å². The fourth-order valence-electron chi connectivity index (χ4n) is 2.25. The number of carbonyl (C=O) groups is 2. The molecule has 1 amide bonds. The maximum absolute atomic E-state index is 12.3. The van der Waals surface area contributed by atoms with Gasteiger partial charge in [0, 0.05) is 18.0 Å². The Bertz CT molecular complexity index is 761. The summed E-state index contributed by atoms with van der Waals surface area (Å²) in [7, 11) is 1.48. The number of halogens is 1. The third kappa shape index (κ3) is 5.97. The average molecular weight is 378 g/mol. The molecule has 0 aliphatic heterocycles. The molecule has 2 aromatic carbocycles. The van der Waals surface area contributed by atoms with Crippen molar-refractivity contribution in [2.45, 2.75) is 19.4 Å². The molecule has 0 atom stereocenters. The summed E-state index contributed by atoms with van der Waals surface area (Å²) < 4.78 is 10.6. The summed E-state index contributed by atoms with van der Waals surface area (Å²) in [5.41, 5.74) is 1.32. The number of amides is 1. The van der Waals surface area contributed by atoms with Crippen molar-refractivity contribution in [3.8, 4) is 11.5 Å². The molecule has 0 saturated heterocycles. The molecule has 0 bridgehead atoms. The van der Waals surface area contributed by atoms with Gasteiger partial charge in [-0.05, 0) is 42.3 Å². The summed E-state index contributed by atoms with van der Waals surface area (Å²) >= 11 is 5.90. The molecule has 2 N–H and O–H groups in total. The van der Waals surface area contributed by atoms with Crippen molar-refractivity contribution in [3.05, 3.63) is 58.6 Å². The highest BCUT2D eigenvalue weighted by Crippen LogP contribution is 2.23. The number of carboxylic acid groups (broad SMARTS) is 1. The van der Waals surface area contributed by atoms with Gasteiger partial charge in [-0.2, -0.15) is 0 Å². The number of methoxy groups -OCH3 is 1. The molecule has 6 nitrogen and oxygen atoms in total. The highest BCUT2D eigenvalue weighted by Gasteiger charge is 2.12. The van der Waals surface area contributed by atoms with Crippen LogP contribution in [0.4, 0.5) is 0 Å². The van der Waals surface area contributed by atoms with Crippen molar-refractivity contribution in [2.24, 2.45) is 0 Å². The Kier molecular flexibility index (Phi) is 7.29. The number of hydrogen-bond acceptors (Lipinski definition) is 4. The van der Waals surface area contributed by atoms with Gasteiger partial charge in [0.25, 0.3) is 5.91 Å². The molecule has 0 aliphatic rings. The number of carboxylic acids is 1. The van der Waals surface area contributed by atoms with Crippen LogP contribution in [0.1, 0.15) is 28.8 Å². The topological polar surface area (TPSA) is 84.9 Å². The number of rotatable bonds is 9. The molecular weight excluding hydrogens is 358 g/mol. The molecule has 7 heteroatoms. The van der Waals surface area contributed by atoms with Gasteiger partial charge in [-0.25, -0.2) is 0 Å². The van der Waals surface area contributed by atoms with E-state index in [1.807, 2.05) is 12.1 Å². The average Bonchev–Trinajstić information content (AvgIpc) is 2.64. The Hall–Kier alpha value is -2.73. The highest BCUT2D eigenvalue weighted by molar-refractivity contribution is 6.30. The highest BCUT2D eigenvalue weighted by atomic mass is 35.5. The first kappa shape index (κ1) is 19.6. The second-order valence-electron chi connectivity index (χ2n) is 5.52. The van der Waals surface area contributed by atoms with Gasteiger partial charge in [-0.3, -0.25) is 9.59 Å². The zero-order valence-corrected chi connectivity index (χ0v) is 15.1. The van der Waals surface area contributed by atoms with Gasteiger partial charge in [-0.15, -0.1) is 0 Å². The third-order valence-electron chi connectivity index (χ3n) is 3.59. The molecule has 2 rings (SSSR count). The second kappa shape index (κ2) is 9.68. The van der Waals surface area contributed by atoms with E-state index in [4.69, 9.17) is 26.2 Å². The summed E-state index contributed by atoms with van der Waals surface area (Å²) in [6, 6.07) is 12.1. The number of carbonyl (C=O) groups excluding carboxylic acids is 1. The van der Waals surface area contributed by atoms with Gasteiger partial charge in [0.1, 0.15) is 11.5 Å². The summed E-state index contributed by atoms with van der Waals surface area (Å²) in [6.45, 7) is 0.697. The lowest BCUT2D eigenvalue weighted by Gasteiger charge is -2.10. The van der Waals surface area contributed by atoms with Crippen LogP contribution in [0.25, 0.3) is 0 Å². The molecule has 0 spiro atoms. The van der Waals surface area contributed by atoms with Crippen LogP contribution in [0.15, 0.2) is 42.5 Å². The fourth-order valence-corrected chi connectivity index (χ4v) is 2.41. The second-order valence-corrected chi connectivity index (χ2v) is 5.95. The predicted octanol–water partition coefficient (Wildman–Crippen LogP) is 3.52. The van der Waals surface area contributed by atoms with Crippen LogP contribution in [0, 0.1) is 0 Å². The molecule has 0 heterocycles. The maximum atomic E-state index is 12.3. The van der Waals surface area contributed by atoms with Crippen LogP contribution in [0.2, 0.25) is 5.02 Å². The van der Waals surface area contributed by atoms with Crippen LogP contribution in [-0.2, 0) is 11.3 Å². The Morgan fingerprint density at radius 1 is 1.15 bits per heavy atom. The third-order valence-corrected chi connectivity index (χ3v) is 3.82. The van der Waals surface area contributed by atoms with Crippen LogP contribution in [0.3, 0.4) is 0 Å². The lowest BCUT2D eigenvalue weighted by atomic mass is 10.1. The normalized spacial score (nSPS) is 10.2. The van der Waals surface area contributed by atoms with E-state index in [9.17, 15) is 9.59 Å². The first-order valence-electron chi connectivity index (χ1n) is 8.05. The summed E-state index contributed by atoms with van der Waals surface area (Å²) in [5, 5.41) is 11.9. The van der Waals surface area contributed by atoms with E-state index in [0.717, 1.165) is 5.56 Å². The zero-order valence-electron chi connectivity index (χ0n) is 14.3. The largest absolute Gasteiger partial charge is 0.496 e. The first-order valence-corrected chi connectivity index (χ1v) is 8.42. The van der Waals surface area contributed by atoms with Crippen molar-refractivity contribution in [2.75, 3.05) is 13.7 Å². The molecule has 138 valence electrons. The Balaban J connectivity index is 1.85. The van der Waals surface area contributed by atoms with Gasteiger partial charge < -0.3 is 19.9 Å². The number of benzene rings is 2. The van der Waals surface area contributed by atoms with E-state index in [1.165, 1.54) is 7.11 Å². The molecule has 2 aromatic rings. The number of aliphatic carboxylic acids is 1. The zero-order chi connectivity index (χ0) is 18.9. The van der Waals surface area contributed by atoms with Gasteiger partial charge in [0.05, 0.1) is 19.3 Å². The molecule has 0 saturated carbocycles. The fraction of sp³-hybridized carbons (Fsp3) is 0.263. The van der Waals surface area contributed by atoms with Gasteiger partial charge in [0.2, 0.25) is 0 Å². The number of hydrogen-bond donors (Lipinski definition) is 2. The minimum Gasteiger partial charge on any atom is -0.496 e. The molecule has 0 aromatic heterocycles. The van der Waals surface area contributed by atoms with Crippen LogP contribution < -0.4 is 14.8 Å². The Morgan fingerprint density at radius 3 is 2.54 bits per heavy atom. The summed E-state index contributed by atoms with van der Waals surface area (Å²) in [6.07, 6.45) is 0.536. The number of ether oxygens (including phenoxy) is 2. The molecule has 0 fully saturated rings. The molecule has 0 aliphatic carbocycles. The van der Waals surface area contributed by atoms with E-state index >= 15 is 0 Å². The van der Waals surface area contributed by atoms with Crippen molar-refractivity contribution in [3.63, 3.8) is 0 Å². The predicted molar refractivity (Wildman–Crippen MR) is 98.0 cm³/mol. The van der Waals surface area contributed by atoms with E-state index in [2.05, 4.69) is 5.32 Å². The first-order chi connectivity index (χ1) is 12.5. The lowest BCUT2D eigenvalue weighted by Crippen LogP contribution is -2.23. The maximum Gasteiger partial charge on any atom is 0.303 e. The van der Waals surface area contributed by atoms with E-state index in [1.54, 1.807) is 30.3 Å². The van der Waals surface area contributed by atoms with Crippen LogP contribution >= 0.6 is 11.6 Å². The minimum absolute atomic E-state index is 0.0816. The Labute approximate surface area is 156 Å². The smallest absolute Gasteiger partial charge is 0.303 e. The summed E-state index contributed by atoms with van der Waals surface area (Å²) in [5.74, 6) is -0.0190. The standard InChI is InChI=1S/C19H20ClNO5/c1-25-17-11-14(20)6-9-16(17)19(24)21-12-13-4-7-15(8-5-13)26-10-2-3-18(22)23/h4-9,11H,2-3,10,12H2,1H3,(H,21,24)(H,22,23). The van der Waals surface area contributed by atoms with Gasteiger partial charge in [-0.1, -0.05) is 23.7 Å².